The molecule has 2 aromatic heterocycles. The van der Waals surface area contributed by atoms with Crippen LogP contribution in [0.2, 0.25) is 0 Å². The van der Waals surface area contributed by atoms with Crippen molar-refractivity contribution in [3.8, 4) is 11.3 Å². The Kier molecular flexibility index (Phi) is 3.34. The summed E-state index contributed by atoms with van der Waals surface area (Å²) in [5.41, 5.74) is 10.6. The lowest BCUT2D eigenvalue weighted by atomic mass is 10.1. The van der Waals surface area contributed by atoms with Gasteiger partial charge < -0.3 is 10.3 Å². The maximum Gasteiger partial charge on any atom is 0.217 e. The zero-order valence-corrected chi connectivity index (χ0v) is 13.4. The Bertz CT molecular complexity index is 1040. The van der Waals surface area contributed by atoms with E-state index in [0.29, 0.717) is 12.8 Å². The highest BCUT2D eigenvalue weighted by Crippen LogP contribution is 2.30. The third-order valence-corrected chi connectivity index (χ3v) is 4.39. The number of carbonyl (C=O) groups excluding carboxylic acids is 1. The maximum atomic E-state index is 11.3. The van der Waals surface area contributed by atoms with Gasteiger partial charge in [0, 0.05) is 19.0 Å². The first-order chi connectivity index (χ1) is 11.7. The Hall–Kier alpha value is -3.08. The molecule has 24 heavy (non-hydrogen) atoms. The van der Waals surface area contributed by atoms with E-state index in [2.05, 4.69) is 21.1 Å². The molecule has 0 saturated heterocycles. The minimum atomic E-state index is -0.302. The van der Waals surface area contributed by atoms with E-state index in [-0.39, 0.29) is 5.91 Å². The van der Waals surface area contributed by atoms with Crippen LogP contribution in [0.4, 0.5) is 0 Å². The van der Waals surface area contributed by atoms with Gasteiger partial charge in [-0.2, -0.15) is 0 Å². The van der Waals surface area contributed by atoms with Crippen LogP contribution in [-0.4, -0.2) is 19.9 Å². The van der Waals surface area contributed by atoms with Crippen molar-refractivity contribution in [3.63, 3.8) is 0 Å². The molecule has 0 aliphatic heterocycles. The zero-order chi connectivity index (χ0) is 16.7. The van der Waals surface area contributed by atoms with Gasteiger partial charge in [0.15, 0.2) is 0 Å². The minimum absolute atomic E-state index is 0.302. The number of nitrogens with zero attached hydrogens (tertiary/aromatic N) is 3. The Morgan fingerprint density at radius 1 is 1.04 bits per heavy atom. The molecule has 0 aliphatic carbocycles. The second-order valence-corrected chi connectivity index (χ2v) is 5.92. The summed E-state index contributed by atoms with van der Waals surface area (Å²) in [5, 5.41) is 0. The van der Waals surface area contributed by atoms with Gasteiger partial charge >= 0.3 is 0 Å². The first kappa shape index (κ1) is 14.5. The summed E-state index contributed by atoms with van der Waals surface area (Å²) in [6, 6.07) is 18.2. The smallest absolute Gasteiger partial charge is 0.217 e. The summed E-state index contributed by atoms with van der Waals surface area (Å²) in [7, 11) is 2.01. The molecule has 0 saturated carbocycles. The topological polar surface area (TPSA) is 65.3 Å². The van der Waals surface area contributed by atoms with E-state index in [1.54, 1.807) is 0 Å². The number of rotatable bonds is 4. The number of imidazole rings is 2. The molecule has 0 aliphatic rings. The zero-order valence-electron chi connectivity index (χ0n) is 13.4. The Morgan fingerprint density at radius 3 is 2.42 bits per heavy atom. The summed E-state index contributed by atoms with van der Waals surface area (Å²) in [4.78, 5) is 16.2. The van der Waals surface area contributed by atoms with Gasteiger partial charge in [0.25, 0.3) is 0 Å². The summed E-state index contributed by atoms with van der Waals surface area (Å²) >= 11 is 0. The van der Waals surface area contributed by atoms with Crippen LogP contribution in [0.1, 0.15) is 12.1 Å². The second kappa shape index (κ2) is 5.53. The number of carbonyl (C=O) groups is 1. The van der Waals surface area contributed by atoms with Crippen molar-refractivity contribution in [2.75, 3.05) is 0 Å². The maximum absolute atomic E-state index is 11.3. The lowest BCUT2D eigenvalue weighted by Crippen LogP contribution is -2.12. The highest BCUT2D eigenvalue weighted by Gasteiger charge is 2.19. The molecule has 2 N–H and O–H groups in total. The summed E-state index contributed by atoms with van der Waals surface area (Å²) in [6.07, 6.45) is 0.867. The first-order valence-electron chi connectivity index (χ1n) is 7.95. The van der Waals surface area contributed by atoms with Crippen molar-refractivity contribution in [3.05, 3.63) is 60.3 Å². The predicted octanol–water partition coefficient (Wildman–Crippen LogP) is 2.91. The van der Waals surface area contributed by atoms with Gasteiger partial charge in [-0.15, -0.1) is 0 Å². The second-order valence-electron chi connectivity index (χ2n) is 5.92. The van der Waals surface area contributed by atoms with Crippen LogP contribution in [0.25, 0.3) is 28.1 Å². The van der Waals surface area contributed by atoms with Gasteiger partial charge in [0.2, 0.25) is 11.7 Å². The molecule has 0 spiro atoms. The van der Waals surface area contributed by atoms with Gasteiger partial charge in [-0.3, -0.25) is 9.20 Å². The van der Waals surface area contributed by atoms with Crippen molar-refractivity contribution < 1.29 is 4.79 Å². The van der Waals surface area contributed by atoms with Crippen LogP contribution in [0.5, 0.6) is 0 Å². The highest BCUT2D eigenvalue weighted by molar-refractivity contribution is 5.83. The molecule has 1 amide bonds. The van der Waals surface area contributed by atoms with Crippen molar-refractivity contribution in [1.82, 2.24) is 14.0 Å². The van der Waals surface area contributed by atoms with Crippen molar-refractivity contribution >= 4 is 22.7 Å². The molecule has 4 rings (SSSR count). The third-order valence-electron chi connectivity index (χ3n) is 4.39. The Morgan fingerprint density at radius 2 is 1.71 bits per heavy atom. The average molecular weight is 318 g/mol. The molecular formula is C19H18N4O. The van der Waals surface area contributed by atoms with Crippen molar-refractivity contribution in [2.45, 2.75) is 12.8 Å². The van der Waals surface area contributed by atoms with Gasteiger partial charge in [0.1, 0.15) is 0 Å². The molecular weight excluding hydrogens is 300 g/mol. The van der Waals surface area contributed by atoms with Gasteiger partial charge in [-0.1, -0.05) is 42.5 Å². The molecule has 2 heterocycles. The largest absolute Gasteiger partial charge is 0.370 e. The Balaban J connectivity index is 2.03. The number of amides is 1. The molecule has 4 aromatic rings. The van der Waals surface area contributed by atoms with E-state index in [1.165, 1.54) is 0 Å². The molecule has 0 fully saturated rings. The lowest BCUT2D eigenvalue weighted by molar-refractivity contribution is -0.118. The number of hydrogen-bond acceptors (Lipinski definition) is 2. The molecule has 0 radical (unpaired) electrons. The number of fused-ring (bicyclic) bond motifs is 3. The number of primary amides is 1. The van der Waals surface area contributed by atoms with Crippen LogP contribution in [0.3, 0.4) is 0 Å². The average Bonchev–Trinajstić information content (AvgIpc) is 3.11. The number of aromatic nitrogens is 3. The van der Waals surface area contributed by atoms with Gasteiger partial charge in [-0.05, 0) is 18.6 Å². The van der Waals surface area contributed by atoms with E-state index >= 15 is 0 Å². The molecule has 0 unspecified atom stereocenters. The third kappa shape index (κ3) is 2.17. The van der Waals surface area contributed by atoms with Crippen LogP contribution in [0.15, 0.2) is 54.6 Å². The van der Waals surface area contributed by atoms with Crippen molar-refractivity contribution in [1.29, 1.82) is 0 Å². The van der Waals surface area contributed by atoms with E-state index in [4.69, 9.17) is 10.7 Å². The number of hydrogen-bond donors (Lipinski definition) is 1. The molecule has 2 aromatic carbocycles. The fourth-order valence-electron chi connectivity index (χ4n) is 3.26. The molecule has 5 heteroatoms. The first-order valence-corrected chi connectivity index (χ1v) is 7.95. The summed E-state index contributed by atoms with van der Waals surface area (Å²) in [6.45, 7) is 0. The van der Waals surface area contributed by atoms with Crippen LogP contribution in [0, 0.1) is 0 Å². The van der Waals surface area contributed by atoms with Crippen LogP contribution in [-0.2, 0) is 18.3 Å². The number of aryl methyl sites for hydroxylation is 2. The predicted molar refractivity (Wildman–Crippen MR) is 94.6 cm³/mol. The van der Waals surface area contributed by atoms with Gasteiger partial charge in [-0.25, -0.2) is 4.98 Å². The highest BCUT2D eigenvalue weighted by atomic mass is 16.1. The quantitative estimate of drug-likeness (QED) is 0.629. The monoisotopic (exact) mass is 318 g/mol. The SMILES string of the molecule is Cn1c2ccccc2n2c(CCC(N)=O)c(-c3ccccc3)nc12. The molecule has 5 nitrogen and oxygen atoms in total. The Labute approximate surface area is 139 Å². The number of benzene rings is 2. The fourth-order valence-corrected chi connectivity index (χ4v) is 3.26. The van der Waals surface area contributed by atoms with Gasteiger partial charge in [0.05, 0.1) is 22.4 Å². The molecule has 0 atom stereocenters. The molecule has 120 valence electrons. The fraction of sp³-hybridized carbons (Fsp3) is 0.158. The summed E-state index contributed by atoms with van der Waals surface area (Å²) < 4.78 is 4.22. The number of para-hydroxylation sites is 2. The van der Waals surface area contributed by atoms with E-state index in [9.17, 15) is 4.79 Å². The van der Waals surface area contributed by atoms with Crippen molar-refractivity contribution in [2.24, 2.45) is 12.8 Å². The van der Waals surface area contributed by atoms with Crippen LogP contribution >= 0.6 is 0 Å². The normalized spacial score (nSPS) is 11.4. The van der Waals surface area contributed by atoms with E-state index in [1.807, 2.05) is 49.5 Å². The van der Waals surface area contributed by atoms with Crippen LogP contribution < -0.4 is 5.73 Å². The molecule has 0 bridgehead atoms. The minimum Gasteiger partial charge on any atom is -0.370 e. The van der Waals surface area contributed by atoms with E-state index < -0.39 is 0 Å². The number of nitrogens with two attached hydrogens (primary N) is 1. The standard InChI is InChI=1S/C19H18N4O/c1-22-14-9-5-6-10-15(14)23-16(11-12-17(20)24)18(21-19(22)23)13-7-3-2-4-8-13/h2-10H,11-12H2,1H3,(H2,20,24). The summed E-state index contributed by atoms with van der Waals surface area (Å²) in [5.74, 6) is 0.568. The lowest BCUT2D eigenvalue weighted by Gasteiger charge is -2.04. The van der Waals surface area contributed by atoms with E-state index in [0.717, 1.165) is 33.8 Å².